The third-order valence-electron chi connectivity index (χ3n) is 3.66. The Morgan fingerprint density at radius 2 is 1.92 bits per heavy atom. The highest BCUT2D eigenvalue weighted by atomic mass is 35.5. The minimum atomic E-state index is -0.157. The molecule has 0 aliphatic carbocycles. The summed E-state index contributed by atoms with van der Waals surface area (Å²) in [5, 5.41) is 4.00. The first-order valence-electron chi connectivity index (χ1n) is 8.24. The molecule has 1 heterocycles. The summed E-state index contributed by atoms with van der Waals surface area (Å²) in [4.78, 5) is 17.3. The number of aliphatic imine (C=N–C) groups is 1. The molecule has 3 rings (SSSR count). The molecular weight excluding hydrogens is 368 g/mol. The van der Waals surface area contributed by atoms with Gasteiger partial charge in [0, 0.05) is 5.02 Å². The molecule has 0 bridgehead atoms. The number of thioether (sulfide) groups is 1. The molecule has 1 fully saturated rings. The van der Waals surface area contributed by atoms with Gasteiger partial charge in [0.1, 0.15) is 5.75 Å². The van der Waals surface area contributed by atoms with Crippen molar-refractivity contribution in [1.82, 2.24) is 5.32 Å². The van der Waals surface area contributed by atoms with E-state index >= 15 is 0 Å². The SMILES string of the molecule is Cc1c(Cl)cccc1N=C1NC(=O)C(=Cc2ccc(OC(C)C)cc2)S1. The fourth-order valence-electron chi connectivity index (χ4n) is 2.37. The van der Waals surface area contributed by atoms with Crippen LogP contribution in [0, 0.1) is 6.92 Å². The van der Waals surface area contributed by atoms with Crippen LogP contribution >= 0.6 is 23.4 Å². The highest BCUT2D eigenvalue weighted by molar-refractivity contribution is 8.18. The number of ether oxygens (including phenoxy) is 1. The van der Waals surface area contributed by atoms with Gasteiger partial charge < -0.3 is 10.1 Å². The van der Waals surface area contributed by atoms with Crippen molar-refractivity contribution in [1.29, 1.82) is 0 Å². The first kappa shape index (κ1) is 18.5. The highest BCUT2D eigenvalue weighted by Crippen LogP contribution is 2.31. The summed E-state index contributed by atoms with van der Waals surface area (Å²) in [5.41, 5.74) is 2.56. The molecule has 134 valence electrons. The molecule has 1 aliphatic heterocycles. The maximum absolute atomic E-state index is 12.2. The molecule has 0 spiro atoms. The summed E-state index contributed by atoms with van der Waals surface area (Å²) in [6, 6.07) is 13.2. The maximum Gasteiger partial charge on any atom is 0.264 e. The summed E-state index contributed by atoms with van der Waals surface area (Å²) in [6.45, 7) is 5.87. The van der Waals surface area contributed by atoms with Gasteiger partial charge in [0.15, 0.2) is 5.17 Å². The van der Waals surface area contributed by atoms with E-state index in [1.807, 2.05) is 69.3 Å². The van der Waals surface area contributed by atoms with Gasteiger partial charge in [-0.15, -0.1) is 0 Å². The van der Waals surface area contributed by atoms with Crippen molar-refractivity contribution in [2.24, 2.45) is 4.99 Å². The van der Waals surface area contributed by atoms with Crippen molar-refractivity contribution < 1.29 is 9.53 Å². The van der Waals surface area contributed by atoms with E-state index in [1.165, 1.54) is 11.8 Å². The zero-order valence-corrected chi connectivity index (χ0v) is 16.3. The molecule has 2 aromatic rings. The van der Waals surface area contributed by atoms with E-state index in [4.69, 9.17) is 16.3 Å². The second-order valence-corrected chi connectivity index (χ2v) is 7.54. The van der Waals surface area contributed by atoms with Crippen LogP contribution < -0.4 is 10.1 Å². The number of rotatable bonds is 4. The minimum Gasteiger partial charge on any atom is -0.491 e. The molecule has 2 aromatic carbocycles. The smallest absolute Gasteiger partial charge is 0.264 e. The van der Waals surface area contributed by atoms with Crippen molar-refractivity contribution in [2.45, 2.75) is 26.9 Å². The molecule has 4 nitrogen and oxygen atoms in total. The standard InChI is InChI=1S/C20H19ClN2O2S/c1-12(2)25-15-9-7-14(8-10-15)11-18-19(24)23-20(26-18)22-17-6-4-5-16(21)13(17)3/h4-12H,1-3H3,(H,22,23,24). The van der Waals surface area contributed by atoms with Crippen LogP contribution in [0.15, 0.2) is 52.4 Å². The van der Waals surface area contributed by atoms with Crippen LogP contribution in [0.4, 0.5) is 5.69 Å². The molecular formula is C20H19ClN2O2S. The summed E-state index contributed by atoms with van der Waals surface area (Å²) in [6.07, 6.45) is 1.97. The van der Waals surface area contributed by atoms with Gasteiger partial charge in [-0.05, 0) is 74.0 Å². The quantitative estimate of drug-likeness (QED) is 0.723. The number of amidine groups is 1. The zero-order chi connectivity index (χ0) is 18.7. The van der Waals surface area contributed by atoms with Gasteiger partial charge in [0.25, 0.3) is 5.91 Å². The molecule has 0 radical (unpaired) electrons. The summed E-state index contributed by atoms with van der Waals surface area (Å²) >= 11 is 7.44. The Morgan fingerprint density at radius 3 is 2.62 bits per heavy atom. The summed E-state index contributed by atoms with van der Waals surface area (Å²) in [7, 11) is 0. The third kappa shape index (κ3) is 4.48. The second kappa shape index (κ2) is 7.98. The molecule has 0 unspecified atom stereocenters. The predicted octanol–water partition coefficient (Wildman–Crippen LogP) is 5.33. The predicted molar refractivity (Wildman–Crippen MR) is 109 cm³/mol. The molecule has 1 aliphatic rings. The Kier molecular flexibility index (Phi) is 5.69. The van der Waals surface area contributed by atoms with Gasteiger partial charge in [0.2, 0.25) is 0 Å². The average molecular weight is 387 g/mol. The Bertz CT molecular complexity index is 889. The van der Waals surface area contributed by atoms with Crippen LogP contribution in [-0.2, 0) is 4.79 Å². The van der Waals surface area contributed by atoms with Crippen LogP contribution in [0.1, 0.15) is 25.0 Å². The minimum absolute atomic E-state index is 0.129. The summed E-state index contributed by atoms with van der Waals surface area (Å²) in [5.74, 6) is 0.653. The Hall–Kier alpha value is -2.24. The van der Waals surface area contributed by atoms with Gasteiger partial charge in [-0.25, -0.2) is 4.99 Å². The van der Waals surface area contributed by atoms with Crippen LogP contribution in [0.5, 0.6) is 5.75 Å². The van der Waals surface area contributed by atoms with E-state index in [1.54, 1.807) is 0 Å². The van der Waals surface area contributed by atoms with Crippen LogP contribution in [0.3, 0.4) is 0 Å². The van der Waals surface area contributed by atoms with Crippen molar-refractivity contribution in [3.05, 3.63) is 63.5 Å². The number of benzene rings is 2. The normalized spacial score (nSPS) is 17.2. The highest BCUT2D eigenvalue weighted by Gasteiger charge is 2.24. The fourth-order valence-corrected chi connectivity index (χ4v) is 3.38. The fraction of sp³-hybridized carbons (Fsp3) is 0.200. The first-order chi connectivity index (χ1) is 12.4. The lowest BCUT2D eigenvalue weighted by molar-refractivity contribution is -0.115. The first-order valence-corrected chi connectivity index (χ1v) is 9.43. The third-order valence-corrected chi connectivity index (χ3v) is 4.98. The molecule has 26 heavy (non-hydrogen) atoms. The zero-order valence-electron chi connectivity index (χ0n) is 14.7. The Morgan fingerprint density at radius 1 is 1.19 bits per heavy atom. The number of hydrogen-bond acceptors (Lipinski definition) is 4. The Labute approximate surface area is 162 Å². The van der Waals surface area contributed by atoms with Gasteiger partial charge in [-0.3, -0.25) is 4.79 Å². The van der Waals surface area contributed by atoms with Crippen molar-refractivity contribution in [3.8, 4) is 5.75 Å². The lowest BCUT2D eigenvalue weighted by Crippen LogP contribution is -2.19. The van der Waals surface area contributed by atoms with E-state index in [2.05, 4.69) is 10.3 Å². The number of carbonyl (C=O) groups is 1. The number of carbonyl (C=O) groups excluding carboxylic acids is 1. The van der Waals surface area contributed by atoms with Crippen LogP contribution in [-0.4, -0.2) is 17.2 Å². The topological polar surface area (TPSA) is 50.7 Å². The van der Waals surface area contributed by atoms with E-state index < -0.39 is 0 Å². The molecule has 0 atom stereocenters. The molecule has 0 saturated carbocycles. The van der Waals surface area contributed by atoms with Crippen molar-refractivity contribution in [2.75, 3.05) is 0 Å². The van der Waals surface area contributed by atoms with Crippen molar-refractivity contribution >= 4 is 46.2 Å². The number of nitrogens with zero attached hydrogens (tertiary/aromatic N) is 1. The van der Waals surface area contributed by atoms with Crippen LogP contribution in [0.25, 0.3) is 6.08 Å². The monoisotopic (exact) mass is 386 g/mol. The van der Waals surface area contributed by atoms with Gasteiger partial charge in [-0.1, -0.05) is 29.8 Å². The number of nitrogens with one attached hydrogen (secondary N) is 1. The lowest BCUT2D eigenvalue weighted by atomic mass is 10.2. The lowest BCUT2D eigenvalue weighted by Gasteiger charge is -2.09. The maximum atomic E-state index is 12.2. The summed E-state index contributed by atoms with van der Waals surface area (Å²) < 4.78 is 5.63. The Balaban J connectivity index is 1.78. The molecule has 1 N–H and O–H groups in total. The molecule has 1 saturated heterocycles. The number of hydrogen-bond donors (Lipinski definition) is 1. The average Bonchev–Trinajstić information content (AvgIpc) is 2.92. The van der Waals surface area contributed by atoms with Crippen molar-refractivity contribution in [3.63, 3.8) is 0 Å². The molecule has 6 heteroatoms. The van der Waals surface area contributed by atoms with Crippen LogP contribution in [0.2, 0.25) is 5.02 Å². The van der Waals surface area contributed by atoms with Gasteiger partial charge >= 0.3 is 0 Å². The van der Waals surface area contributed by atoms with Gasteiger partial charge in [0.05, 0.1) is 16.7 Å². The molecule has 0 aromatic heterocycles. The number of halogens is 1. The van der Waals surface area contributed by atoms with E-state index in [9.17, 15) is 4.79 Å². The number of amides is 1. The van der Waals surface area contributed by atoms with E-state index in [0.717, 1.165) is 22.6 Å². The van der Waals surface area contributed by atoms with Gasteiger partial charge in [-0.2, -0.15) is 0 Å². The second-order valence-electron chi connectivity index (χ2n) is 6.10. The van der Waals surface area contributed by atoms with E-state index in [0.29, 0.717) is 15.1 Å². The van der Waals surface area contributed by atoms with E-state index in [-0.39, 0.29) is 12.0 Å². The molecule has 1 amide bonds. The largest absolute Gasteiger partial charge is 0.491 e.